The number of carbonyl (C=O) groups excluding carboxylic acids is 2. The molecule has 1 heterocycles. The topological polar surface area (TPSA) is 80.3 Å². The van der Waals surface area contributed by atoms with Crippen LogP contribution in [0.4, 0.5) is 41.6 Å². The molecule has 1 aromatic heterocycles. The van der Waals surface area contributed by atoms with Crippen LogP contribution in [-0.2, 0) is 28.4 Å². The summed E-state index contributed by atoms with van der Waals surface area (Å²) >= 11 is 1.23. The Hall–Kier alpha value is -4.20. The van der Waals surface area contributed by atoms with Crippen LogP contribution < -0.4 is 15.4 Å². The summed E-state index contributed by atoms with van der Waals surface area (Å²) in [5, 5.41) is 5.36. The molecule has 214 valence electrons. The molecule has 0 unspecified atom stereocenters. The van der Waals surface area contributed by atoms with Crippen LogP contribution in [0.1, 0.15) is 29.5 Å². The third kappa shape index (κ3) is 6.93. The van der Waals surface area contributed by atoms with Crippen LogP contribution in [-0.4, -0.2) is 16.8 Å². The van der Waals surface area contributed by atoms with Gasteiger partial charge >= 0.3 is 12.4 Å². The fourth-order valence-electron chi connectivity index (χ4n) is 3.88. The van der Waals surface area contributed by atoms with E-state index < -0.39 is 47.2 Å². The molecule has 0 radical (unpaired) electrons. The second-order valence-electron chi connectivity index (χ2n) is 9.29. The van der Waals surface area contributed by atoms with E-state index in [2.05, 4.69) is 15.6 Å². The number of nitrogens with one attached hydrogen (secondary N) is 2. The highest BCUT2D eigenvalue weighted by Gasteiger charge is 2.37. The molecule has 0 bridgehead atoms. The first-order chi connectivity index (χ1) is 19.2. The largest absolute Gasteiger partial charge is 0.457 e. The Balaban J connectivity index is 1.29. The maximum atomic E-state index is 14.4. The molecule has 2 N–H and O–H groups in total. The van der Waals surface area contributed by atoms with Gasteiger partial charge < -0.3 is 15.4 Å². The van der Waals surface area contributed by atoms with Gasteiger partial charge in [-0.2, -0.15) is 26.3 Å². The minimum atomic E-state index is -5.07. The van der Waals surface area contributed by atoms with Crippen molar-refractivity contribution in [3.8, 4) is 11.5 Å². The Labute approximate surface area is 231 Å². The molecule has 1 fully saturated rings. The van der Waals surface area contributed by atoms with E-state index in [4.69, 9.17) is 4.74 Å². The Morgan fingerprint density at radius 1 is 0.878 bits per heavy atom. The second kappa shape index (κ2) is 10.7. The van der Waals surface area contributed by atoms with Crippen LogP contribution >= 0.6 is 11.3 Å². The molecule has 3 aromatic carbocycles. The van der Waals surface area contributed by atoms with Gasteiger partial charge in [0.1, 0.15) is 17.3 Å². The lowest BCUT2D eigenvalue weighted by molar-refractivity contribution is -0.143. The number of alkyl halides is 6. The van der Waals surface area contributed by atoms with Gasteiger partial charge in [0.15, 0.2) is 5.13 Å². The molecule has 2 amide bonds. The number of nitrogens with zero attached hydrogens (tertiary/aromatic N) is 1. The lowest BCUT2D eigenvalue weighted by atomic mass is 10.0. The van der Waals surface area contributed by atoms with E-state index in [1.807, 2.05) is 0 Å². The van der Waals surface area contributed by atoms with Crippen molar-refractivity contribution in [2.24, 2.45) is 5.92 Å². The Bertz CT molecular complexity index is 1610. The zero-order valence-corrected chi connectivity index (χ0v) is 21.4. The molecule has 41 heavy (non-hydrogen) atoms. The van der Waals surface area contributed by atoms with Crippen LogP contribution in [0.2, 0.25) is 0 Å². The predicted molar refractivity (Wildman–Crippen MR) is 136 cm³/mol. The summed E-state index contributed by atoms with van der Waals surface area (Å²) in [4.78, 5) is 28.8. The quantitative estimate of drug-likeness (QED) is 0.213. The summed E-state index contributed by atoms with van der Waals surface area (Å²) < 4.78 is 99.6. The molecular weight excluding hydrogens is 579 g/mol. The summed E-state index contributed by atoms with van der Waals surface area (Å²) in [6.45, 7) is 0. The van der Waals surface area contributed by atoms with Gasteiger partial charge in [0.25, 0.3) is 0 Å². The minimum Gasteiger partial charge on any atom is -0.457 e. The zero-order chi connectivity index (χ0) is 29.5. The predicted octanol–water partition coefficient (Wildman–Crippen LogP) is 7.80. The normalized spacial score (nSPS) is 13.7. The highest BCUT2D eigenvalue weighted by Crippen LogP contribution is 2.37. The first-order valence-electron chi connectivity index (χ1n) is 12.0. The monoisotopic (exact) mass is 597 g/mol. The van der Waals surface area contributed by atoms with E-state index in [1.54, 1.807) is 18.2 Å². The molecule has 1 saturated carbocycles. The third-order valence-corrected chi connectivity index (χ3v) is 6.93. The third-order valence-electron chi connectivity index (χ3n) is 6.00. The maximum Gasteiger partial charge on any atom is 0.416 e. The number of anilines is 2. The van der Waals surface area contributed by atoms with Crippen molar-refractivity contribution in [2.75, 3.05) is 10.6 Å². The SMILES string of the molecule is O=C(Cc1cc(C(F)(F)F)cc(C(F)(F)F)c1)Nc1cc(Oc2ccc3nc(NC(=O)C4CC4)sc3c2)ccc1F. The smallest absolute Gasteiger partial charge is 0.416 e. The molecule has 0 aliphatic heterocycles. The highest BCUT2D eigenvalue weighted by molar-refractivity contribution is 7.22. The number of hydrogen-bond donors (Lipinski definition) is 2. The number of aromatic nitrogens is 1. The van der Waals surface area contributed by atoms with Crippen LogP contribution in [0.25, 0.3) is 10.2 Å². The van der Waals surface area contributed by atoms with Crippen LogP contribution in [0.3, 0.4) is 0 Å². The van der Waals surface area contributed by atoms with Gasteiger partial charge in [0.2, 0.25) is 11.8 Å². The molecule has 6 nitrogen and oxygen atoms in total. The van der Waals surface area contributed by atoms with E-state index in [0.717, 1.165) is 25.0 Å². The number of carbonyl (C=O) groups is 2. The number of benzene rings is 3. The number of halogens is 7. The Morgan fingerprint density at radius 3 is 2.15 bits per heavy atom. The van der Waals surface area contributed by atoms with Crippen LogP contribution in [0, 0.1) is 11.7 Å². The van der Waals surface area contributed by atoms with Crippen molar-refractivity contribution in [3.63, 3.8) is 0 Å². The fraction of sp³-hybridized carbons (Fsp3) is 0.222. The van der Waals surface area contributed by atoms with Gasteiger partial charge in [-0.25, -0.2) is 9.37 Å². The molecule has 1 aliphatic carbocycles. The molecule has 14 heteroatoms. The molecule has 4 aromatic rings. The summed E-state index contributed by atoms with van der Waals surface area (Å²) in [7, 11) is 0. The number of hydrogen-bond acceptors (Lipinski definition) is 5. The van der Waals surface area contributed by atoms with E-state index in [9.17, 15) is 40.3 Å². The lowest BCUT2D eigenvalue weighted by Crippen LogP contribution is -2.17. The van der Waals surface area contributed by atoms with Gasteiger partial charge in [-0.15, -0.1) is 0 Å². The molecule has 0 saturated heterocycles. The second-order valence-corrected chi connectivity index (χ2v) is 10.3. The summed E-state index contributed by atoms with van der Waals surface area (Å²) in [6, 6.07) is 9.08. The zero-order valence-electron chi connectivity index (χ0n) is 20.6. The number of fused-ring (bicyclic) bond motifs is 1. The average Bonchev–Trinajstić information content (AvgIpc) is 3.65. The fourth-order valence-corrected chi connectivity index (χ4v) is 4.77. The summed E-state index contributed by atoms with van der Waals surface area (Å²) in [5.74, 6) is -1.60. The first kappa shape index (κ1) is 28.3. The highest BCUT2D eigenvalue weighted by atomic mass is 32.1. The van der Waals surface area contributed by atoms with E-state index in [-0.39, 0.29) is 29.3 Å². The van der Waals surface area contributed by atoms with E-state index in [0.29, 0.717) is 33.2 Å². The van der Waals surface area contributed by atoms with Crippen LogP contribution in [0.15, 0.2) is 54.6 Å². The summed E-state index contributed by atoms with van der Waals surface area (Å²) in [5.41, 5.74) is -3.45. The minimum absolute atomic E-state index is 0.0106. The van der Waals surface area contributed by atoms with Crippen molar-refractivity contribution < 1.29 is 45.1 Å². The van der Waals surface area contributed by atoms with Gasteiger partial charge in [-0.3, -0.25) is 9.59 Å². The number of ether oxygens (including phenoxy) is 1. The van der Waals surface area contributed by atoms with E-state index >= 15 is 0 Å². The summed E-state index contributed by atoms with van der Waals surface area (Å²) in [6.07, 6.45) is -9.32. The molecule has 5 rings (SSSR count). The van der Waals surface area contributed by atoms with Gasteiger partial charge in [-0.1, -0.05) is 11.3 Å². The number of rotatable bonds is 7. The molecule has 0 spiro atoms. The van der Waals surface area contributed by atoms with Crippen molar-refractivity contribution in [3.05, 3.63) is 77.1 Å². The Morgan fingerprint density at radius 2 is 1.51 bits per heavy atom. The standard InChI is InChI=1S/C27H18F7N3O3S/c28-19-5-3-17(40-18-4-6-20-22(12-18)41-25(36-20)37-24(39)14-1-2-14)11-21(19)35-23(38)9-13-7-15(26(29,30)31)10-16(8-13)27(32,33)34/h3-8,10-12,14H,1-2,9H2,(H,35,38)(H,36,37,39). The average molecular weight is 598 g/mol. The maximum absolute atomic E-state index is 14.4. The van der Waals surface area contributed by atoms with E-state index in [1.165, 1.54) is 17.4 Å². The van der Waals surface area contributed by atoms with Crippen molar-refractivity contribution in [1.29, 1.82) is 0 Å². The Kier molecular flexibility index (Phi) is 7.36. The number of thiazole rings is 1. The van der Waals surface area contributed by atoms with Crippen LogP contribution in [0.5, 0.6) is 11.5 Å². The number of amides is 2. The lowest BCUT2D eigenvalue weighted by Gasteiger charge is -2.14. The first-order valence-corrected chi connectivity index (χ1v) is 12.8. The van der Waals surface area contributed by atoms with Crippen molar-refractivity contribution in [2.45, 2.75) is 31.6 Å². The van der Waals surface area contributed by atoms with Crippen molar-refractivity contribution >= 4 is 44.2 Å². The van der Waals surface area contributed by atoms with Gasteiger partial charge in [0.05, 0.1) is 33.5 Å². The molecule has 0 atom stereocenters. The van der Waals surface area contributed by atoms with Gasteiger partial charge in [0, 0.05) is 18.1 Å². The van der Waals surface area contributed by atoms with Gasteiger partial charge in [-0.05, 0) is 60.9 Å². The molecular formula is C27H18F7N3O3S. The van der Waals surface area contributed by atoms with Crippen molar-refractivity contribution in [1.82, 2.24) is 4.98 Å². The molecule has 1 aliphatic rings.